The summed E-state index contributed by atoms with van der Waals surface area (Å²) in [4.78, 5) is 16.7. The Morgan fingerprint density at radius 2 is 1.84 bits per heavy atom. The molecule has 10 rings (SSSR count). The van der Waals surface area contributed by atoms with Crippen LogP contribution in [0.1, 0.15) is 24.0 Å². The van der Waals surface area contributed by atoms with E-state index in [1.165, 1.54) is 18.4 Å². The van der Waals surface area contributed by atoms with Gasteiger partial charge in [-0.15, -0.1) is 0 Å². The van der Waals surface area contributed by atoms with Crippen LogP contribution in [0.5, 0.6) is 11.6 Å². The molecule has 6 fully saturated rings. The van der Waals surface area contributed by atoms with E-state index in [9.17, 15) is 5.26 Å². The lowest BCUT2D eigenvalue weighted by Gasteiger charge is -2.56. The Hall–Kier alpha value is -4.24. The van der Waals surface area contributed by atoms with Gasteiger partial charge in [-0.3, -0.25) is 9.80 Å². The number of aromatic nitrogens is 4. The molecule has 6 aliphatic heterocycles. The molecule has 4 aromatic rings. The van der Waals surface area contributed by atoms with Gasteiger partial charge in [0.15, 0.2) is 0 Å². The third kappa shape index (κ3) is 4.95. The first-order chi connectivity index (χ1) is 21.1. The maximum atomic E-state index is 9.78. The fourth-order valence-corrected chi connectivity index (χ4v) is 7.26. The molecule has 0 aromatic carbocycles. The van der Waals surface area contributed by atoms with Crippen LogP contribution in [0.3, 0.4) is 0 Å². The predicted octanol–water partition coefficient (Wildman–Crippen LogP) is 2.56. The molecule has 4 unspecified atom stereocenters. The average Bonchev–Trinajstić information content (AvgIpc) is 3.46. The lowest BCUT2D eigenvalue weighted by atomic mass is 9.87. The summed E-state index contributed by atoms with van der Waals surface area (Å²) in [5, 5.41) is 17.8. The van der Waals surface area contributed by atoms with Gasteiger partial charge in [-0.2, -0.15) is 10.4 Å². The summed E-state index contributed by atoms with van der Waals surface area (Å²) in [6.45, 7) is 6.49. The molecule has 0 aliphatic carbocycles. The van der Waals surface area contributed by atoms with Gasteiger partial charge in [0.05, 0.1) is 30.6 Å². The van der Waals surface area contributed by atoms with Crippen LogP contribution in [-0.4, -0.2) is 100.0 Å². The van der Waals surface area contributed by atoms with E-state index in [2.05, 4.69) is 54.4 Å². The summed E-state index contributed by atoms with van der Waals surface area (Å²) >= 11 is 0. The van der Waals surface area contributed by atoms with E-state index in [1.54, 1.807) is 17.8 Å². The quantitative estimate of drug-likeness (QED) is 0.319. The van der Waals surface area contributed by atoms with Crippen LogP contribution in [0.4, 0.5) is 5.82 Å². The fourth-order valence-electron chi connectivity index (χ4n) is 7.26. The van der Waals surface area contributed by atoms with Gasteiger partial charge in [0.25, 0.3) is 0 Å². The highest BCUT2D eigenvalue weighted by molar-refractivity contribution is 5.85. The Labute approximate surface area is 250 Å². The van der Waals surface area contributed by atoms with Crippen LogP contribution in [0, 0.1) is 11.3 Å². The van der Waals surface area contributed by atoms with Gasteiger partial charge < -0.3 is 19.7 Å². The first-order valence-electron chi connectivity index (χ1n) is 15.1. The molecule has 10 heterocycles. The van der Waals surface area contributed by atoms with Crippen molar-refractivity contribution in [1.82, 2.24) is 34.7 Å². The van der Waals surface area contributed by atoms with E-state index < -0.39 is 0 Å². The first kappa shape index (κ1) is 26.4. The van der Waals surface area contributed by atoms with Crippen molar-refractivity contribution in [3.05, 3.63) is 66.2 Å². The second-order valence-electron chi connectivity index (χ2n) is 12.2. The molecule has 11 nitrogen and oxygen atoms in total. The van der Waals surface area contributed by atoms with E-state index in [4.69, 9.17) is 14.5 Å². The van der Waals surface area contributed by atoms with Gasteiger partial charge in [0, 0.05) is 93.0 Å². The minimum absolute atomic E-state index is 0.507. The van der Waals surface area contributed by atoms with Gasteiger partial charge in [0.2, 0.25) is 5.88 Å². The molecule has 11 heteroatoms. The zero-order valence-corrected chi connectivity index (χ0v) is 24.3. The Morgan fingerprint density at radius 3 is 2.53 bits per heavy atom. The fraction of sp³-hybridized carbons (Fsp3) is 0.438. The van der Waals surface area contributed by atoms with Crippen LogP contribution in [0.15, 0.2) is 55.1 Å². The highest BCUT2D eigenvalue weighted by atomic mass is 16.5. The number of pyridine rings is 3. The van der Waals surface area contributed by atoms with Crippen molar-refractivity contribution in [2.75, 3.05) is 51.3 Å². The summed E-state index contributed by atoms with van der Waals surface area (Å²) in [6.07, 6.45) is 9.82. The third-order valence-corrected chi connectivity index (χ3v) is 9.48. The van der Waals surface area contributed by atoms with Crippen molar-refractivity contribution in [3.8, 4) is 28.8 Å². The van der Waals surface area contributed by atoms with Crippen molar-refractivity contribution >= 4 is 11.3 Å². The van der Waals surface area contributed by atoms with Gasteiger partial charge in [-0.1, -0.05) is 6.07 Å². The van der Waals surface area contributed by atoms with Crippen LogP contribution in [-0.2, 0) is 6.54 Å². The Balaban J connectivity index is 0.957. The minimum Gasteiger partial charge on any atom is -0.491 e. The molecule has 4 atom stereocenters. The number of methoxy groups -OCH3 is 1. The standard InChI is InChI=1S/C32H35N9O2/c1-42-31-5-2-21(12-35-31)15-40-26-9-27(40)19-39(18-26)30-4-3-22(13-34-30)29-10-28(20-41-32(29)23(11-33)14-36-41)43-7-6-38-16-24-8-25(17-38)37-24/h2-5,10,12-14,20,24-27,37H,6-9,15-19H2,1H3. The second-order valence-corrected chi connectivity index (χ2v) is 12.2. The Morgan fingerprint density at radius 1 is 1.00 bits per heavy atom. The van der Waals surface area contributed by atoms with Gasteiger partial charge in [-0.25, -0.2) is 14.5 Å². The highest BCUT2D eigenvalue weighted by Gasteiger charge is 2.44. The number of ether oxygens (including phenoxy) is 2. The first-order valence-corrected chi connectivity index (χ1v) is 15.1. The molecular formula is C32H35N9O2. The monoisotopic (exact) mass is 577 g/mol. The van der Waals surface area contributed by atoms with Crippen molar-refractivity contribution in [2.45, 2.75) is 43.6 Å². The average molecular weight is 578 g/mol. The number of hydrogen-bond acceptors (Lipinski definition) is 10. The molecule has 1 N–H and O–H groups in total. The molecule has 6 saturated heterocycles. The number of rotatable bonds is 9. The topological polar surface area (TPSA) is 107 Å². The van der Waals surface area contributed by atoms with Crippen molar-refractivity contribution in [3.63, 3.8) is 0 Å². The van der Waals surface area contributed by atoms with Crippen molar-refractivity contribution in [2.24, 2.45) is 0 Å². The van der Waals surface area contributed by atoms with Crippen LogP contribution < -0.4 is 19.7 Å². The molecule has 0 amide bonds. The van der Waals surface area contributed by atoms with Gasteiger partial charge >= 0.3 is 0 Å². The summed E-state index contributed by atoms with van der Waals surface area (Å²) in [7, 11) is 1.64. The molecule has 6 aliphatic rings. The number of nitrogens with one attached hydrogen (secondary N) is 1. The smallest absolute Gasteiger partial charge is 0.212 e. The molecule has 0 radical (unpaired) electrons. The number of anilines is 1. The maximum Gasteiger partial charge on any atom is 0.212 e. The number of nitriles is 1. The lowest BCUT2D eigenvalue weighted by molar-refractivity contribution is -0.00876. The summed E-state index contributed by atoms with van der Waals surface area (Å²) in [6, 6.07) is 14.8. The van der Waals surface area contributed by atoms with E-state index in [-0.39, 0.29) is 0 Å². The summed E-state index contributed by atoms with van der Waals surface area (Å²) < 4.78 is 13.2. The number of hydrogen-bond donors (Lipinski definition) is 1. The van der Waals surface area contributed by atoms with E-state index in [1.807, 2.05) is 30.7 Å². The van der Waals surface area contributed by atoms with E-state index in [0.717, 1.165) is 67.5 Å². The molecule has 0 spiro atoms. The summed E-state index contributed by atoms with van der Waals surface area (Å²) in [5.41, 5.74) is 4.35. The molecule has 43 heavy (non-hydrogen) atoms. The largest absolute Gasteiger partial charge is 0.491 e. The molecule has 220 valence electrons. The predicted molar refractivity (Wildman–Crippen MR) is 161 cm³/mol. The van der Waals surface area contributed by atoms with Crippen molar-refractivity contribution < 1.29 is 9.47 Å². The van der Waals surface area contributed by atoms with Crippen LogP contribution in [0.25, 0.3) is 16.6 Å². The van der Waals surface area contributed by atoms with Crippen LogP contribution in [0.2, 0.25) is 0 Å². The number of piperidine rings is 2. The molecular weight excluding hydrogens is 542 g/mol. The second kappa shape index (κ2) is 10.8. The molecule has 0 saturated carbocycles. The maximum absolute atomic E-state index is 9.78. The SMILES string of the molecule is COc1ccc(CN2C3CC2CN(c2ccc(-c4cc(OCCN5CC6CC(C5)N6)cn5ncc(C#N)c45)cn2)C3)cn1. The van der Waals surface area contributed by atoms with E-state index in [0.29, 0.717) is 42.2 Å². The van der Waals surface area contributed by atoms with Gasteiger partial charge in [0.1, 0.15) is 24.2 Å². The number of piperazine rings is 2. The normalized spacial score (nSPS) is 24.7. The zero-order chi connectivity index (χ0) is 28.9. The Bertz CT molecular complexity index is 1640. The van der Waals surface area contributed by atoms with Crippen molar-refractivity contribution in [1.29, 1.82) is 5.26 Å². The van der Waals surface area contributed by atoms with E-state index >= 15 is 0 Å². The Kier molecular flexibility index (Phi) is 6.62. The number of nitrogens with zero attached hydrogens (tertiary/aromatic N) is 8. The highest BCUT2D eigenvalue weighted by Crippen LogP contribution is 2.36. The zero-order valence-electron chi connectivity index (χ0n) is 24.3. The van der Waals surface area contributed by atoms with Gasteiger partial charge in [-0.05, 0) is 36.6 Å². The summed E-state index contributed by atoms with van der Waals surface area (Å²) in [5.74, 6) is 2.37. The van der Waals surface area contributed by atoms with Crippen LogP contribution >= 0.6 is 0 Å². The minimum atomic E-state index is 0.507. The molecule has 4 bridgehead atoms. The third-order valence-electron chi connectivity index (χ3n) is 9.48. The number of fused-ring (bicyclic) bond motifs is 5. The molecule has 4 aromatic heterocycles. The lowest BCUT2D eigenvalue weighted by Crippen LogP contribution is -2.68.